The highest BCUT2D eigenvalue weighted by Gasteiger charge is 2.09. The first-order valence-electron chi connectivity index (χ1n) is 6.49. The van der Waals surface area contributed by atoms with Gasteiger partial charge in [-0.05, 0) is 31.2 Å². The van der Waals surface area contributed by atoms with Crippen molar-refractivity contribution in [3.63, 3.8) is 0 Å². The van der Waals surface area contributed by atoms with Crippen molar-refractivity contribution in [1.82, 2.24) is 10.1 Å². The lowest BCUT2D eigenvalue weighted by Crippen LogP contribution is -1.85. The summed E-state index contributed by atoms with van der Waals surface area (Å²) in [5.74, 6) is 1.83. The molecule has 0 fully saturated rings. The van der Waals surface area contributed by atoms with E-state index in [2.05, 4.69) is 10.1 Å². The molecule has 1 heterocycles. The van der Waals surface area contributed by atoms with E-state index in [-0.39, 0.29) is 0 Å². The van der Waals surface area contributed by atoms with Crippen molar-refractivity contribution < 1.29 is 4.52 Å². The minimum absolute atomic E-state index is 0.546. The van der Waals surface area contributed by atoms with Crippen LogP contribution in [0.5, 0.6) is 0 Å². The fraction of sp³-hybridized carbons (Fsp3) is 0.125. The zero-order valence-electron chi connectivity index (χ0n) is 11.4. The Morgan fingerprint density at radius 2 is 1.86 bits per heavy atom. The van der Waals surface area contributed by atoms with Gasteiger partial charge in [-0.2, -0.15) is 4.98 Å². The Balaban J connectivity index is 1.71. The third kappa shape index (κ3) is 3.46. The predicted octanol–water partition coefficient (Wildman–Crippen LogP) is 4.99. The van der Waals surface area contributed by atoms with Gasteiger partial charge in [0.2, 0.25) is 0 Å². The van der Waals surface area contributed by atoms with Crippen LogP contribution in [0.2, 0.25) is 5.02 Å². The van der Waals surface area contributed by atoms with E-state index in [1.807, 2.05) is 55.5 Å². The molecule has 106 valence electrons. The van der Waals surface area contributed by atoms with Gasteiger partial charge in [-0.1, -0.05) is 46.6 Å². The molecule has 0 radical (unpaired) electrons. The Morgan fingerprint density at radius 1 is 1.10 bits per heavy atom. The largest absolute Gasteiger partial charge is 0.334 e. The fourth-order valence-electron chi connectivity index (χ4n) is 1.83. The lowest BCUT2D eigenvalue weighted by molar-refractivity contribution is 0.425. The van der Waals surface area contributed by atoms with E-state index in [0.717, 1.165) is 15.5 Å². The van der Waals surface area contributed by atoms with Crippen LogP contribution in [-0.4, -0.2) is 10.1 Å². The van der Waals surface area contributed by atoms with Gasteiger partial charge in [-0.25, -0.2) is 0 Å². The highest BCUT2D eigenvalue weighted by Crippen LogP contribution is 2.29. The number of halogens is 1. The summed E-state index contributed by atoms with van der Waals surface area (Å²) >= 11 is 7.72. The van der Waals surface area contributed by atoms with Gasteiger partial charge in [-0.15, -0.1) is 11.8 Å². The van der Waals surface area contributed by atoms with Crippen LogP contribution in [0.25, 0.3) is 11.5 Å². The number of thioether (sulfide) groups is 1. The van der Waals surface area contributed by atoms with Crippen LogP contribution in [0.15, 0.2) is 57.9 Å². The molecule has 0 N–H and O–H groups in total. The summed E-state index contributed by atoms with van der Waals surface area (Å²) in [5, 5.41) is 4.75. The van der Waals surface area contributed by atoms with Gasteiger partial charge >= 0.3 is 0 Å². The molecule has 0 aliphatic heterocycles. The van der Waals surface area contributed by atoms with Gasteiger partial charge in [0, 0.05) is 10.5 Å². The number of benzene rings is 2. The van der Waals surface area contributed by atoms with Gasteiger partial charge in [-0.3, -0.25) is 0 Å². The second kappa shape index (κ2) is 6.33. The molecule has 0 aliphatic carbocycles. The van der Waals surface area contributed by atoms with Gasteiger partial charge in [0.15, 0.2) is 5.82 Å². The Morgan fingerprint density at radius 3 is 2.62 bits per heavy atom. The first kappa shape index (κ1) is 14.2. The van der Waals surface area contributed by atoms with Crippen LogP contribution in [-0.2, 0) is 5.75 Å². The van der Waals surface area contributed by atoms with Crippen LogP contribution < -0.4 is 0 Å². The SMILES string of the molecule is Cc1ccc(-c2nc(CSc3ccccc3Cl)no2)cc1. The Labute approximate surface area is 132 Å². The number of hydrogen-bond donors (Lipinski definition) is 0. The molecule has 3 nitrogen and oxygen atoms in total. The molecule has 3 rings (SSSR count). The summed E-state index contributed by atoms with van der Waals surface area (Å²) in [7, 11) is 0. The second-order valence-corrected chi connectivity index (χ2v) is 6.03. The molecule has 0 saturated heterocycles. The van der Waals surface area contributed by atoms with E-state index < -0.39 is 0 Å². The molecule has 21 heavy (non-hydrogen) atoms. The predicted molar refractivity (Wildman–Crippen MR) is 85.5 cm³/mol. The average molecular weight is 317 g/mol. The highest BCUT2D eigenvalue weighted by atomic mass is 35.5. The van der Waals surface area contributed by atoms with E-state index in [9.17, 15) is 0 Å². The Hall–Kier alpha value is -1.78. The molecule has 1 aromatic heterocycles. The number of aromatic nitrogens is 2. The summed E-state index contributed by atoms with van der Waals surface area (Å²) in [4.78, 5) is 5.43. The molecule has 0 bridgehead atoms. The van der Waals surface area contributed by atoms with Crippen LogP contribution >= 0.6 is 23.4 Å². The molecule has 0 spiro atoms. The van der Waals surface area contributed by atoms with E-state index in [1.54, 1.807) is 11.8 Å². The minimum atomic E-state index is 0.546. The van der Waals surface area contributed by atoms with Crippen molar-refractivity contribution in [3.8, 4) is 11.5 Å². The Bertz CT molecular complexity index is 740. The van der Waals surface area contributed by atoms with Crippen LogP contribution in [0.4, 0.5) is 0 Å². The smallest absolute Gasteiger partial charge is 0.257 e. The van der Waals surface area contributed by atoms with Crippen LogP contribution in [0.3, 0.4) is 0 Å². The fourth-order valence-corrected chi connectivity index (χ4v) is 2.91. The summed E-state index contributed by atoms with van der Waals surface area (Å²) in [6, 6.07) is 15.7. The van der Waals surface area contributed by atoms with Crippen molar-refractivity contribution in [2.75, 3.05) is 0 Å². The number of aryl methyl sites for hydroxylation is 1. The van der Waals surface area contributed by atoms with Gasteiger partial charge in [0.25, 0.3) is 5.89 Å². The molecule has 0 saturated carbocycles. The topological polar surface area (TPSA) is 38.9 Å². The van der Waals surface area contributed by atoms with Crippen molar-refractivity contribution in [2.45, 2.75) is 17.6 Å². The highest BCUT2D eigenvalue weighted by molar-refractivity contribution is 7.98. The van der Waals surface area contributed by atoms with Crippen molar-refractivity contribution in [3.05, 3.63) is 64.9 Å². The molecule has 5 heteroatoms. The molecular weight excluding hydrogens is 304 g/mol. The van der Waals surface area contributed by atoms with Gasteiger partial charge in [0.1, 0.15) is 0 Å². The maximum atomic E-state index is 6.12. The quantitative estimate of drug-likeness (QED) is 0.636. The number of rotatable bonds is 4. The van der Waals surface area contributed by atoms with E-state index >= 15 is 0 Å². The molecule has 0 aliphatic rings. The summed E-state index contributed by atoms with van der Waals surface area (Å²) in [5.41, 5.74) is 2.13. The van der Waals surface area contributed by atoms with Gasteiger partial charge in [0.05, 0.1) is 10.8 Å². The summed E-state index contributed by atoms with van der Waals surface area (Å²) in [6.07, 6.45) is 0. The normalized spacial score (nSPS) is 10.8. The lowest BCUT2D eigenvalue weighted by Gasteiger charge is -2.00. The first-order valence-corrected chi connectivity index (χ1v) is 7.86. The standard InChI is InChI=1S/C16H13ClN2OS/c1-11-6-8-12(9-7-11)16-18-15(19-20-16)10-21-14-5-3-2-4-13(14)17/h2-9H,10H2,1H3. The number of nitrogens with zero attached hydrogens (tertiary/aromatic N) is 2. The third-order valence-electron chi connectivity index (χ3n) is 2.96. The first-order chi connectivity index (χ1) is 10.2. The maximum Gasteiger partial charge on any atom is 0.257 e. The third-order valence-corrected chi connectivity index (χ3v) is 4.47. The van der Waals surface area contributed by atoms with Crippen LogP contribution in [0, 0.1) is 6.92 Å². The molecular formula is C16H13ClN2OS. The second-order valence-electron chi connectivity index (χ2n) is 4.60. The Kier molecular flexibility index (Phi) is 4.27. The van der Waals surface area contributed by atoms with E-state index in [1.165, 1.54) is 5.56 Å². The molecule has 0 unspecified atom stereocenters. The van der Waals surface area contributed by atoms with Gasteiger partial charge < -0.3 is 4.52 Å². The zero-order chi connectivity index (χ0) is 14.7. The minimum Gasteiger partial charge on any atom is -0.334 e. The molecule has 0 amide bonds. The number of hydrogen-bond acceptors (Lipinski definition) is 4. The monoisotopic (exact) mass is 316 g/mol. The van der Waals surface area contributed by atoms with E-state index in [0.29, 0.717) is 17.5 Å². The van der Waals surface area contributed by atoms with Crippen molar-refractivity contribution in [2.24, 2.45) is 0 Å². The summed E-state index contributed by atoms with van der Waals surface area (Å²) in [6.45, 7) is 2.04. The summed E-state index contributed by atoms with van der Waals surface area (Å²) < 4.78 is 5.30. The van der Waals surface area contributed by atoms with Crippen molar-refractivity contribution in [1.29, 1.82) is 0 Å². The molecule has 2 aromatic carbocycles. The van der Waals surface area contributed by atoms with Crippen molar-refractivity contribution >= 4 is 23.4 Å². The lowest BCUT2D eigenvalue weighted by atomic mass is 10.1. The molecule has 3 aromatic rings. The molecule has 0 atom stereocenters. The average Bonchev–Trinajstić information content (AvgIpc) is 2.96. The zero-order valence-corrected chi connectivity index (χ0v) is 13.0. The van der Waals surface area contributed by atoms with Crippen LogP contribution in [0.1, 0.15) is 11.4 Å². The van der Waals surface area contributed by atoms with E-state index in [4.69, 9.17) is 16.1 Å². The maximum absolute atomic E-state index is 6.12.